The maximum atomic E-state index is 13.2. The van der Waals surface area contributed by atoms with Crippen LogP contribution in [0, 0.1) is 67.3 Å². The van der Waals surface area contributed by atoms with E-state index in [1.54, 1.807) is 0 Å². The minimum atomic E-state index is -0.838. The number of hydrogen-bond acceptors (Lipinski definition) is 24. The predicted octanol–water partition coefficient (Wildman–Crippen LogP) is 16.1. The Morgan fingerprint density at radius 1 is 0.366 bits per heavy atom. The highest BCUT2D eigenvalue weighted by Gasteiger charge is 2.53. The zero-order valence-corrected chi connectivity index (χ0v) is 62.0. The Balaban J connectivity index is 0.000000169. The van der Waals surface area contributed by atoms with Crippen LogP contribution in [-0.2, 0) is 124 Å². The summed E-state index contributed by atoms with van der Waals surface area (Å²) in [7, 11) is -4.10. The van der Waals surface area contributed by atoms with Crippen LogP contribution < -0.4 is 0 Å². The Morgan fingerprint density at radius 2 is 0.696 bits per heavy atom. The molecule has 6 aliphatic heterocycles. The SMILES string of the molecule is CC1(C)COB(OCc2cc(F)ccc2[N+]#N)CO1.CC1(C)OB(OCc2cc(F)ccc2[N+]#N)OC1(C)C.N#[N+]c1ccc(F)cc1COB1COCCO1.N#[N+]c1ccc(F)cc1COB1OCC(c2ccccc2)O1.N#[N+]c1ccc(F)cc1COB1OCCCCO1.N#[N+]c1ccc(F)cc1COB1OCCO1. The summed E-state index contributed by atoms with van der Waals surface area (Å²) in [6.45, 7) is 16.4. The third-order valence-electron chi connectivity index (χ3n) is 17.0. The first-order valence-electron chi connectivity index (χ1n) is 35.0. The summed E-state index contributed by atoms with van der Waals surface area (Å²) in [5.74, 6) is -2.50. The maximum Gasteiger partial charge on any atom is 0.640 e. The number of ether oxygens (including phenoxy) is 2. The highest BCUT2D eigenvalue weighted by Crippen LogP contribution is 2.38. The summed E-state index contributed by atoms with van der Waals surface area (Å²) in [5.41, 5.74) is 3.91. The Hall–Kier alpha value is -9.69. The van der Waals surface area contributed by atoms with Crippen molar-refractivity contribution >= 4 is 77.6 Å². The van der Waals surface area contributed by atoms with E-state index in [1.807, 2.05) is 71.9 Å². The Bertz CT molecular complexity index is 4450. The molecule has 1 unspecified atom stereocenters. The van der Waals surface area contributed by atoms with Crippen molar-refractivity contribution in [3.05, 3.63) is 243 Å². The number of nitrogens with zero attached hydrogens (tertiary/aromatic N) is 12. The molecule has 6 fully saturated rings. The lowest BCUT2D eigenvalue weighted by Gasteiger charge is -2.32. The zero-order valence-electron chi connectivity index (χ0n) is 62.0. The largest absolute Gasteiger partial charge is 0.640 e. The average molecular weight is 1550 g/mol. The van der Waals surface area contributed by atoms with Crippen LogP contribution in [0.2, 0.25) is 0 Å². The molecule has 7 aromatic carbocycles. The van der Waals surface area contributed by atoms with E-state index in [4.69, 9.17) is 116 Å². The minimum Gasteiger partial charge on any atom is -0.407 e. The third kappa shape index (κ3) is 28.5. The second kappa shape index (κ2) is 44.5. The van der Waals surface area contributed by atoms with E-state index in [0.717, 1.165) is 18.4 Å². The van der Waals surface area contributed by atoms with Crippen molar-refractivity contribution in [2.75, 3.05) is 65.9 Å². The molecular weight excluding hydrogens is 1480 g/mol. The maximum absolute atomic E-state index is 13.2. The minimum absolute atomic E-state index is 0.0172. The standard InChI is InChI=1S/C15H13BFN2O3.C13H17BFN2O3.C12H15BFN2O3.C11H13BFN2O3.C10H11BFN2O3.C9H9BFN2O3/c17-13-6-7-14(19-18)12(8-13)9-20-16-21-10-15(22-16)11-4-2-1-3-5-11;1-12(2)13(3,4)20-14(19-12)18-8-9-7-10(15)5-6-11(9)17-16;1-12(2)7-19-13(8-17-12)18-6-9-5-10(14)3-4-11(9)16-15;13-10-3-4-11(15-14)9(7-10)8-18-12-16-5-1-2-6-17-12;12-9-1-2-10(14-13)8(5-9)6-17-11-7-15-3-4-16-11;11-8-1-2-9(13-12)7(5-8)6-16-10-14-3-4-15-10/h1-8,15H,9-10H2;5-7H,8H2,1-4H3;3-5H,6-8H2,1-2H3;3-4,7H,1-2,5-6,8H2;1-2,5H,3-4,6-7H2;1-2,5H,3-4,6H2/q6*+1. The van der Waals surface area contributed by atoms with Gasteiger partial charge in [-0.2, -0.15) is 0 Å². The molecule has 6 saturated heterocycles. The quantitative estimate of drug-likeness (QED) is 0.0412. The Labute approximate surface area is 643 Å². The molecule has 7 aromatic rings. The molecule has 580 valence electrons. The normalized spacial score (nSPS) is 17.2. The molecule has 6 aliphatic rings. The molecule has 1 atom stereocenters. The summed E-state index contributed by atoms with van der Waals surface area (Å²) in [6.07, 6.45) is 1.66. The number of benzene rings is 7. The number of diazo groups is 6. The van der Waals surface area contributed by atoms with Crippen molar-refractivity contribution in [2.45, 2.75) is 117 Å². The van der Waals surface area contributed by atoms with E-state index in [1.165, 1.54) is 109 Å². The first-order valence-corrected chi connectivity index (χ1v) is 35.0. The van der Waals surface area contributed by atoms with E-state index in [0.29, 0.717) is 99.2 Å². The van der Waals surface area contributed by atoms with Crippen LogP contribution in [-0.4, -0.2) is 126 Å². The fourth-order valence-corrected chi connectivity index (χ4v) is 10.2. The number of hydrogen-bond donors (Lipinski definition) is 0. The summed E-state index contributed by atoms with van der Waals surface area (Å²) in [6, 6.07) is 32.8. The number of halogens is 6. The first kappa shape index (κ1) is 87.9. The zero-order chi connectivity index (χ0) is 80.5. The average Bonchev–Trinajstić information content (AvgIpc) is 1.64. The molecule has 0 spiro atoms. The molecule has 42 heteroatoms. The molecule has 13 rings (SSSR count). The fraction of sp³-hybridized carbons (Fsp3) is 0.400. The van der Waals surface area contributed by atoms with Crippen LogP contribution in [0.1, 0.15) is 99.4 Å². The van der Waals surface area contributed by atoms with E-state index in [-0.39, 0.29) is 85.5 Å². The summed E-state index contributed by atoms with van der Waals surface area (Å²) >= 11 is 0. The van der Waals surface area contributed by atoms with Crippen molar-refractivity contribution in [3.63, 3.8) is 0 Å². The van der Waals surface area contributed by atoms with Crippen LogP contribution in [0.15, 0.2) is 140 Å². The van der Waals surface area contributed by atoms with Gasteiger partial charge in [-0.3, -0.25) is 0 Å². The lowest BCUT2D eigenvalue weighted by atomic mass is 9.88. The highest BCUT2D eigenvalue weighted by atomic mass is 19.1. The van der Waals surface area contributed by atoms with Crippen LogP contribution in [0.5, 0.6) is 0 Å². The number of rotatable bonds is 19. The van der Waals surface area contributed by atoms with Crippen molar-refractivity contribution in [1.82, 2.24) is 0 Å². The van der Waals surface area contributed by atoms with E-state index in [9.17, 15) is 26.3 Å². The molecule has 0 aromatic heterocycles. The van der Waals surface area contributed by atoms with Gasteiger partial charge >= 0.3 is 77.6 Å². The van der Waals surface area contributed by atoms with Crippen molar-refractivity contribution in [2.24, 2.45) is 0 Å². The second-order valence-electron chi connectivity index (χ2n) is 26.3. The molecule has 0 saturated carbocycles. The Morgan fingerprint density at radius 3 is 1.04 bits per heavy atom. The van der Waals surface area contributed by atoms with Crippen LogP contribution in [0.4, 0.5) is 60.5 Å². The monoisotopic (exact) mass is 1550 g/mol. The first-order chi connectivity index (χ1) is 53.9. The van der Waals surface area contributed by atoms with Gasteiger partial charge in [0, 0.05) is 49.6 Å². The van der Waals surface area contributed by atoms with Crippen molar-refractivity contribution < 1.29 is 110 Å². The molecule has 6 heterocycles. The van der Waals surface area contributed by atoms with Gasteiger partial charge < -0.3 is 83.9 Å². The van der Waals surface area contributed by atoms with Gasteiger partial charge in [0.05, 0.1) is 149 Å². The fourth-order valence-electron chi connectivity index (χ4n) is 10.2. The van der Waals surface area contributed by atoms with Crippen LogP contribution in [0.25, 0.3) is 29.9 Å². The molecule has 0 N–H and O–H groups in total. The molecule has 0 bridgehead atoms. The molecule has 112 heavy (non-hydrogen) atoms. The summed E-state index contributed by atoms with van der Waals surface area (Å²) in [4.78, 5) is 18.4. The second-order valence-corrected chi connectivity index (χ2v) is 26.3. The molecular formula is C70H78B6F6N12O18+6. The van der Waals surface area contributed by atoms with Gasteiger partial charge in [-0.05, 0) is 133 Å². The van der Waals surface area contributed by atoms with E-state index in [2.05, 4.69) is 29.9 Å². The smallest absolute Gasteiger partial charge is 0.407 e. The molecule has 0 amide bonds. The van der Waals surface area contributed by atoms with Gasteiger partial charge in [0.2, 0.25) is 32.4 Å². The Kier molecular flexibility index (Phi) is 34.9. The summed E-state index contributed by atoms with van der Waals surface area (Å²) in [5, 5.41) is 52.7. The van der Waals surface area contributed by atoms with E-state index >= 15 is 0 Å². The summed E-state index contributed by atoms with van der Waals surface area (Å²) < 4.78 is 175. The van der Waals surface area contributed by atoms with Gasteiger partial charge in [0.15, 0.2) is 29.9 Å². The molecule has 0 radical (unpaired) electrons. The van der Waals surface area contributed by atoms with Gasteiger partial charge in [-0.25, -0.2) is 26.3 Å². The lowest BCUT2D eigenvalue weighted by molar-refractivity contribution is -0.0751. The van der Waals surface area contributed by atoms with Gasteiger partial charge in [0.25, 0.3) is 0 Å². The van der Waals surface area contributed by atoms with Crippen LogP contribution in [0.3, 0.4) is 0 Å². The lowest BCUT2D eigenvalue weighted by Crippen LogP contribution is -2.46. The topological polar surface area (TPSA) is 335 Å². The van der Waals surface area contributed by atoms with Gasteiger partial charge in [-0.15, -0.1) is 0 Å². The molecule has 30 nitrogen and oxygen atoms in total. The van der Waals surface area contributed by atoms with Crippen LogP contribution >= 0.6 is 0 Å². The van der Waals surface area contributed by atoms with Gasteiger partial charge in [-0.1, -0.05) is 30.3 Å². The molecule has 0 aliphatic carbocycles. The third-order valence-corrected chi connectivity index (χ3v) is 17.0. The van der Waals surface area contributed by atoms with E-state index < -0.39 is 89.6 Å². The highest BCUT2D eigenvalue weighted by molar-refractivity contribution is 6.44. The van der Waals surface area contributed by atoms with Crippen molar-refractivity contribution in [1.29, 1.82) is 32.4 Å². The predicted molar refractivity (Wildman–Crippen MR) is 392 cm³/mol. The van der Waals surface area contributed by atoms with Gasteiger partial charge in [0.1, 0.15) is 34.9 Å². The van der Waals surface area contributed by atoms with Crippen molar-refractivity contribution in [3.8, 4) is 0 Å².